The lowest BCUT2D eigenvalue weighted by atomic mass is 10.0. The molecule has 1 aromatic carbocycles. The van der Waals surface area contributed by atoms with Crippen LogP contribution in [0.1, 0.15) is 17.8 Å². The van der Waals surface area contributed by atoms with Crippen LogP contribution in [0, 0.1) is 6.92 Å². The molecule has 3 N–H and O–H groups in total. The highest BCUT2D eigenvalue weighted by atomic mass is 32.2. The second-order valence-corrected chi connectivity index (χ2v) is 11.1. The summed E-state index contributed by atoms with van der Waals surface area (Å²) in [5, 5.41) is 21.5. The Morgan fingerprint density at radius 1 is 1.05 bits per heavy atom. The number of sulfonamides is 1. The van der Waals surface area contributed by atoms with Gasteiger partial charge in [-0.25, -0.2) is 13.4 Å². The molecule has 39 heavy (non-hydrogen) atoms. The maximum absolute atomic E-state index is 13.3. The Labute approximate surface area is 222 Å². The predicted octanol–water partition coefficient (Wildman–Crippen LogP) is 3.49. The van der Waals surface area contributed by atoms with Crippen molar-refractivity contribution >= 4 is 15.8 Å². The number of rotatable bonds is 6. The van der Waals surface area contributed by atoms with E-state index in [9.17, 15) is 26.7 Å². The minimum absolute atomic E-state index is 0.0782. The summed E-state index contributed by atoms with van der Waals surface area (Å²) in [6.45, 7) is 1.73. The Bertz CT molecular complexity index is 1560. The van der Waals surface area contributed by atoms with Crippen LogP contribution in [0.25, 0.3) is 22.6 Å². The van der Waals surface area contributed by atoms with Gasteiger partial charge in [-0.1, -0.05) is 12.1 Å². The van der Waals surface area contributed by atoms with Gasteiger partial charge < -0.3 is 15.4 Å². The number of hydrogen-bond donors (Lipinski definition) is 3. The molecule has 0 bridgehead atoms. The van der Waals surface area contributed by atoms with Gasteiger partial charge in [0.15, 0.2) is 5.82 Å². The summed E-state index contributed by atoms with van der Waals surface area (Å²) in [4.78, 5) is 11.2. The summed E-state index contributed by atoms with van der Waals surface area (Å²) in [6, 6.07) is 11.5. The van der Waals surface area contributed by atoms with E-state index in [0.29, 0.717) is 23.5 Å². The van der Waals surface area contributed by atoms with Crippen molar-refractivity contribution in [3.63, 3.8) is 0 Å². The van der Waals surface area contributed by atoms with Gasteiger partial charge in [-0.2, -0.15) is 17.5 Å². The number of nitrogens with one attached hydrogen (secondary N) is 2. The van der Waals surface area contributed by atoms with Gasteiger partial charge >= 0.3 is 6.18 Å². The molecule has 1 fully saturated rings. The Morgan fingerprint density at radius 2 is 1.82 bits per heavy atom. The SMILES string of the molecule is Cc1nnc(-c2cc(-c3ccc(S(=O)(=O)N4CC[C@@H](Nc5ccc(C(F)(F)F)cn5)[C@@H](O)C4)cc3)ccn2)[nH]1. The number of aromatic nitrogens is 5. The number of alkyl halides is 3. The molecule has 1 aliphatic heterocycles. The number of aromatic amines is 1. The fraction of sp³-hybridized carbons (Fsp3) is 0.280. The van der Waals surface area contributed by atoms with Crippen LogP contribution >= 0.6 is 0 Å². The number of piperidine rings is 1. The van der Waals surface area contributed by atoms with Crippen LogP contribution < -0.4 is 5.32 Å². The van der Waals surface area contributed by atoms with Gasteiger partial charge in [-0.05, 0) is 60.9 Å². The van der Waals surface area contributed by atoms with Crippen LogP contribution in [-0.4, -0.2) is 68.2 Å². The van der Waals surface area contributed by atoms with E-state index >= 15 is 0 Å². The molecule has 0 aliphatic carbocycles. The number of aliphatic hydroxyl groups is 1. The number of β-amino-alcohol motifs (C(OH)–C–C–N with tert-alkyl or cyclic N) is 1. The molecule has 10 nitrogen and oxygen atoms in total. The largest absolute Gasteiger partial charge is 0.417 e. The number of hydrogen-bond acceptors (Lipinski definition) is 8. The number of halogens is 3. The van der Waals surface area contributed by atoms with Crippen molar-refractivity contribution in [2.75, 3.05) is 18.4 Å². The lowest BCUT2D eigenvalue weighted by Gasteiger charge is -2.35. The number of H-pyrrole nitrogens is 1. The monoisotopic (exact) mass is 559 g/mol. The van der Waals surface area contributed by atoms with Crippen molar-refractivity contribution in [1.82, 2.24) is 29.5 Å². The predicted molar refractivity (Wildman–Crippen MR) is 136 cm³/mol. The molecular weight excluding hydrogens is 535 g/mol. The quantitative estimate of drug-likeness (QED) is 0.327. The molecule has 1 saturated heterocycles. The molecule has 204 valence electrons. The van der Waals surface area contributed by atoms with Gasteiger partial charge in [-0.3, -0.25) is 4.98 Å². The van der Waals surface area contributed by atoms with Crippen molar-refractivity contribution in [2.24, 2.45) is 0 Å². The van der Waals surface area contributed by atoms with E-state index < -0.39 is 33.9 Å². The smallest absolute Gasteiger partial charge is 0.390 e. The van der Waals surface area contributed by atoms with Gasteiger partial charge in [0.25, 0.3) is 0 Å². The Morgan fingerprint density at radius 3 is 2.44 bits per heavy atom. The topological polar surface area (TPSA) is 137 Å². The fourth-order valence-corrected chi connectivity index (χ4v) is 5.77. The lowest BCUT2D eigenvalue weighted by molar-refractivity contribution is -0.137. The lowest BCUT2D eigenvalue weighted by Crippen LogP contribution is -2.51. The summed E-state index contributed by atoms with van der Waals surface area (Å²) >= 11 is 0. The fourth-order valence-electron chi connectivity index (χ4n) is 4.30. The molecule has 0 unspecified atom stereocenters. The first kappa shape index (κ1) is 26.7. The van der Waals surface area contributed by atoms with Crippen molar-refractivity contribution in [1.29, 1.82) is 0 Å². The number of pyridine rings is 2. The molecular formula is C25H24F3N7O3S. The van der Waals surface area contributed by atoms with Crippen molar-refractivity contribution in [3.05, 3.63) is 72.3 Å². The summed E-state index contributed by atoms with van der Waals surface area (Å²) in [5.74, 6) is 1.35. The Hall–Kier alpha value is -3.88. The van der Waals surface area contributed by atoms with Gasteiger partial charge in [0.1, 0.15) is 17.3 Å². The van der Waals surface area contributed by atoms with Crippen molar-refractivity contribution in [2.45, 2.75) is 36.6 Å². The van der Waals surface area contributed by atoms with Crippen molar-refractivity contribution in [3.8, 4) is 22.6 Å². The molecule has 0 radical (unpaired) electrons. The molecule has 3 aromatic heterocycles. The van der Waals surface area contributed by atoms with Crippen LogP contribution in [0.15, 0.2) is 65.8 Å². The summed E-state index contributed by atoms with van der Waals surface area (Å²) in [5.41, 5.74) is 1.31. The third kappa shape index (κ3) is 5.77. The highest BCUT2D eigenvalue weighted by molar-refractivity contribution is 7.89. The van der Waals surface area contributed by atoms with Crippen LogP contribution in [0.4, 0.5) is 19.0 Å². The molecule has 1 aliphatic rings. The molecule has 4 heterocycles. The van der Waals surface area contributed by atoms with Crippen LogP contribution in [0.3, 0.4) is 0 Å². The highest BCUT2D eigenvalue weighted by Gasteiger charge is 2.35. The first-order chi connectivity index (χ1) is 18.5. The molecule has 14 heteroatoms. The summed E-state index contributed by atoms with van der Waals surface area (Å²) in [6.07, 6.45) is -3.01. The second-order valence-electron chi connectivity index (χ2n) is 9.11. The molecule has 5 rings (SSSR count). The number of aliphatic hydroxyl groups excluding tert-OH is 1. The first-order valence-electron chi connectivity index (χ1n) is 11.9. The zero-order chi connectivity index (χ0) is 27.8. The maximum atomic E-state index is 13.3. The number of aryl methyl sites for hydroxylation is 1. The minimum Gasteiger partial charge on any atom is -0.390 e. The van der Waals surface area contributed by atoms with Gasteiger partial charge in [0.2, 0.25) is 10.0 Å². The summed E-state index contributed by atoms with van der Waals surface area (Å²) in [7, 11) is -3.89. The van der Waals surface area contributed by atoms with E-state index in [1.807, 2.05) is 6.07 Å². The van der Waals surface area contributed by atoms with Crippen LogP contribution in [-0.2, 0) is 16.2 Å². The molecule has 0 spiro atoms. The zero-order valence-electron chi connectivity index (χ0n) is 20.6. The molecule has 4 aromatic rings. The second kappa shape index (κ2) is 10.4. The van der Waals surface area contributed by atoms with Crippen LogP contribution in [0.5, 0.6) is 0 Å². The van der Waals surface area contributed by atoms with Gasteiger partial charge in [0, 0.05) is 25.5 Å². The highest BCUT2D eigenvalue weighted by Crippen LogP contribution is 2.30. The van der Waals surface area contributed by atoms with Gasteiger partial charge in [-0.15, -0.1) is 10.2 Å². The minimum atomic E-state index is -4.50. The summed E-state index contributed by atoms with van der Waals surface area (Å²) < 4.78 is 66.0. The number of benzene rings is 1. The Balaban J connectivity index is 1.25. The van der Waals surface area contributed by atoms with E-state index in [1.165, 1.54) is 22.5 Å². The van der Waals surface area contributed by atoms with Crippen molar-refractivity contribution < 1.29 is 26.7 Å². The standard InChI is InChI=1S/C25H24F3N7O3S/c1-15-31-24(34-33-15)21-12-17(8-10-29-21)16-2-5-19(6-3-16)39(37,38)35-11-9-20(22(36)14-35)32-23-7-4-18(13-30-23)25(26,27)28/h2-8,10,12-13,20,22,36H,9,11,14H2,1H3,(H,30,32)(H,31,33,34)/t20-,22+/m1/s1. The molecule has 0 amide bonds. The van der Waals surface area contributed by atoms with E-state index in [0.717, 1.165) is 17.2 Å². The van der Waals surface area contributed by atoms with E-state index in [-0.39, 0.29) is 30.2 Å². The molecule has 2 atom stereocenters. The van der Waals surface area contributed by atoms with E-state index in [2.05, 4.69) is 30.5 Å². The number of anilines is 1. The molecule has 0 saturated carbocycles. The first-order valence-corrected chi connectivity index (χ1v) is 13.4. The number of nitrogens with zero attached hydrogens (tertiary/aromatic N) is 5. The average Bonchev–Trinajstić information content (AvgIpc) is 3.36. The maximum Gasteiger partial charge on any atom is 0.417 e. The normalized spacial score (nSPS) is 18.7. The third-order valence-corrected chi connectivity index (χ3v) is 8.28. The van der Waals surface area contributed by atoms with Crippen LogP contribution in [0.2, 0.25) is 0 Å². The zero-order valence-corrected chi connectivity index (χ0v) is 21.4. The Kier molecular flexibility index (Phi) is 7.09. The van der Waals surface area contributed by atoms with E-state index in [1.54, 1.807) is 31.3 Å². The average molecular weight is 560 g/mol. The van der Waals surface area contributed by atoms with E-state index in [4.69, 9.17) is 0 Å². The van der Waals surface area contributed by atoms with Gasteiger partial charge in [0.05, 0.1) is 22.6 Å². The third-order valence-electron chi connectivity index (χ3n) is 6.40.